The number of aliphatic carboxylic acids is 1. The molecule has 6 nitrogen and oxygen atoms in total. The molecule has 0 saturated heterocycles. The van der Waals surface area contributed by atoms with E-state index in [4.69, 9.17) is 5.11 Å². The number of carbonyl (C=O) groups is 3. The molecule has 0 radical (unpaired) electrons. The first kappa shape index (κ1) is 13.3. The third kappa shape index (κ3) is 6.39. The lowest BCUT2D eigenvalue weighted by atomic mass is 10.3. The molecule has 0 spiro atoms. The summed E-state index contributed by atoms with van der Waals surface area (Å²) in [5.74, 6) is -1.78. The normalized spacial score (nSPS) is 12.4. The number of amides is 1. The molecule has 1 atom stereocenters. The van der Waals surface area contributed by atoms with Gasteiger partial charge in [0, 0.05) is 12.6 Å². The Morgan fingerprint density at radius 3 is 2.33 bits per heavy atom. The molecule has 0 aliphatic carbocycles. The minimum Gasteiger partial charge on any atom is -0.480 e. The number of likely N-dealkylation sites (N-methyl/N-ethyl adjacent to an activating group) is 1. The zero-order valence-corrected chi connectivity index (χ0v) is 8.61. The van der Waals surface area contributed by atoms with Gasteiger partial charge in [0.2, 0.25) is 5.91 Å². The lowest BCUT2D eigenvalue weighted by Gasteiger charge is -2.10. The van der Waals surface area contributed by atoms with Crippen molar-refractivity contribution in [3.63, 3.8) is 0 Å². The Balaban J connectivity index is 3.99. The summed E-state index contributed by atoms with van der Waals surface area (Å²) in [6.07, 6.45) is 2.18. The van der Waals surface area contributed by atoms with Crippen LogP contribution in [0, 0.1) is 0 Å². The first-order chi connectivity index (χ1) is 6.97. The summed E-state index contributed by atoms with van der Waals surface area (Å²) in [6, 6.07) is -0.834. The number of ketones is 1. The molecule has 0 heterocycles. The maximum absolute atomic E-state index is 11.0. The lowest BCUT2D eigenvalue weighted by Crippen LogP contribution is -2.44. The highest BCUT2D eigenvalue weighted by atomic mass is 16.4. The van der Waals surface area contributed by atoms with E-state index in [-0.39, 0.29) is 12.3 Å². The van der Waals surface area contributed by atoms with Crippen LogP contribution < -0.4 is 10.6 Å². The number of hydrogen-bond donors (Lipinski definition) is 3. The molecule has 0 unspecified atom stereocenters. The van der Waals surface area contributed by atoms with Crippen molar-refractivity contribution < 1.29 is 19.5 Å². The van der Waals surface area contributed by atoms with E-state index >= 15 is 0 Å². The third-order valence-electron chi connectivity index (χ3n) is 1.60. The molecule has 0 aliphatic heterocycles. The van der Waals surface area contributed by atoms with E-state index in [9.17, 15) is 14.4 Å². The summed E-state index contributed by atoms with van der Waals surface area (Å²) in [6.45, 7) is 1.28. The molecule has 0 bridgehead atoms. The Hall–Kier alpha value is -1.69. The fraction of sp³-hybridized carbons (Fsp3) is 0.444. The molecule has 84 valence electrons. The third-order valence-corrected chi connectivity index (χ3v) is 1.60. The van der Waals surface area contributed by atoms with E-state index in [1.165, 1.54) is 14.0 Å². The molecular weight excluding hydrogens is 200 g/mol. The smallest absolute Gasteiger partial charge is 0.322 e. The predicted molar refractivity (Wildman–Crippen MR) is 53.3 cm³/mol. The Morgan fingerprint density at radius 1 is 1.33 bits per heavy atom. The first-order valence-electron chi connectivity index (χ1n) is 4.34. The summed E-state index contributed by atoms with van der Waals surface area (Å²) in [7, 11) is 1.48. The maximum atomic E-state index is 11.0. The van der Waals surface area contributed by atoms with Crippen LogP contribution in [0.1, 0.15) is 6.92 Å². The maximum Gasteiger partial charge on any atom is 0.322 e. The Kier molecular flexibility index (Phi) is 5.96. The highest BCUT2D eigenvalue weighted by molar-refractivity contribution is 5.96. The van der Waals surface area contributed by atoms with Gasteiger partial charge < -0.3 is 15.7 Å². The molecule has 6 heteroatoms. The summed E-state index contributed by atoms with van der Waals surface area (Å²) in [4.78, 5) is 32.0. The first-order valence-corrected chi connectivity index (χ1v) is 4.34. The van der Waals surface area contributed by atoms with E-state index in [1.54, 1.807) is 0 Å². The SMILES string of the molecule is CN[C@H](CNC(=O)/C=C/C(C)=O)C(=O)O. The number of rotatable bonds is 6. The highest BCUT2D eigenvalue weighted by Gasteiger charge is 2.14. The van der Waals surface area contributed by atoms with Crippen molar-refractivity contribution in [1.82, 2.24) is 10.6 Å². The second kappa shape index (κ2) is 6.72. The van der Waals surface area contributed by atoms with Gasteiger partial charge in [0.1, 0.15) is 6.04 Å². The van der Waals surface area contributed by atoms with Crippen LogP contribution >= 0.6 is 0 Å². The quantitative estimate of drug-likeness (QED) is 0.489. The van der Waals surface area contributed by atoms with Crippen LogP contribution in [0.25, 0.3) is 0 Å². The standard InChI is InChI=1S/C9H14N2O4/c1-6(12)3-4-8(13)11-5-7(10-2)9(14)15/h3-4,7,10H,5H2,1-2H3,(H,11,13)(H,14,15)/b4-3+/t7-/m1/s1. The van der Waals surface area contributed by atoms with Crippen molar-refractivity contribution in [2.24, 2.45) is 0 Å². The van der Waals surface area contributed by atoms with Crippen LogP contribution in [0.2, 0.25) is 0 Å². The second-order valence-corrected chi connectivity index (χ2v) is 2.87. The molecule has 0 fully saturated rings. The number of carboxylic acids is 1. The van der Waals surface area contributed by atoms with Gasteiger partial charge in [-0.05, 0) is 20.0 Å². The predicted octanol–water partition coefficient (Wildman–Crippen LogP) is -1.08. The average Bonchev–Trinajstić information content (AvgIpc) is 2.15. The number of allylic oxidation sites excluding steroid dienone is 1. The molecule has 0 aliphatic rings. The van der Waals surface area contributed by atoms with E-state index in [1.807, 2.05) is 0 Å². The van der Waals surface area contributed by atoms with Crippen LogP contribution in [0.4, 0.5) is 0 Å². The lowest BCUT2D eigenvalue weighted by molar-refractivity contribution is -0.139. The van der Waals surface area contributed by atoms with Crippen molar-refractivity contribution in [2.45, 2.75) is 13.0 Å². The van der Waals surface area contributed by atoms with Gasteiger partial charge in [0.15, 0.2) is 5.78 Å². The fourth-order valence-corrected chi connectivity index (χ4v) is 0.767. The molecule has 0 saturated carbocycles. The number of hydrogen-bond acceptors (Lipinski definition) is 4. The van der Waals surface area contributed by atoms with Crippen molar-refractivity contribution in [3.05, 3.63) is 12.2 Å². The summed E-state index contributed by atoms with van der Waals surface area (Å²) in [5, 5.41) is 13.5. The average molecular weight is 214 g/mol. The van der Waals surface area contributed by atoms with Crippen molar-refractivity contribution in [2.75, 3.05) is 13.6 Å². The topological polar surface area (TPSA) is 95.5 Å². The van der Waals surface area contributed by atoms with Gasteiger partial charge in [-0.15, -0.1) is 0 Å². The van der Waals surface area contributed by atoms with E-state index in [2.05, 4.69) is 10.6 Å². The summed E-state index contributed by atoms with van der Waals surface area (Å²) in [5.41, 5.74) is 0. The van der Waals surface area contributed by atoms with Crippen molar-refractivity contribution >= 4 is 17.7 Å². The van der Waals surface area contributed by atoms with Gasteiger partial charge in [0.25, 0.3) is 0 Å². The fourth-order valence-electron chi connectivity index (χ4n) is 0.767. The highest BCUT2D eigenvalue weighted by Crippen LogP contribution is 1.82. The minimum absolute atomic E-state index is 0.0348. The van der Waals surface area contributed by atoms with E-state index in [0.717, 1.165) is 12.2 Å². The molecule has 0 aromatic rings. The number of carboxylic acid groups (broad SMARTS) is 1. The summed E-state index contributed by atoms with van der Waals surface area (Å²) >= 11 is 0. The number of carbonyl (C=O) groups excluding carboxylic acids is 2. The van der Waals surface area contributed by atoms with Gasteiger partial charge in [0.05, 0.1) is 0 Å². The van der Waals surface area contributed by atoms with Gasteiger partial charge >= 0.3 is 5.97 Å². The van der Waals surface area contributed by atoms with E-state index < -0.39 is 17.9 Å². The van der Waals surface area contributed by atoms with Gasteiger partial charge in [-0.1, -0.05) is 0 Å². The zero-order chi connectivity index (χ0) is 11.8. The Morgan fingerprint density at radius 2 is 1.93 bits per heavy atom. The van der Waals surface area contributed by atoms with Crippen molar-refractivity contribution in [1.29, 1.82) is 0 Å². The molecule has 0 aromatic heterocycles. The molecule has 15 heavy (non-hydrogen) atoms. The molecule has 0 rings (SSSR count). The Bertz CT molecular complexity index is 286. The zero-order valence-electron chi connectivity index (χ0n) is 8.61. The van der Waals surface area contributed by atoms with Crippen LogP contribution in [-0.2, 0) is 14.4 Å². The minimum atomic E-state index is -1.05. The Labute approximate surface area is 87.3 Å². The van der Waals surface area contributed by atoms with Crippen LogP contribution in [-0.4, -0.2) is 42.4 Å². The van der Waals surface area contributed by atoms with Gasteiger partial charge in [-0.2, -0.15) is 0 Å². The van der Waals surface area contributed by atoms with Crippen LogP contribution in [0.15, 0.2) is 12.2 Å². The van der Waals surface area contributed by atoms with Crippen LogP contribution in [0.3, 0.4) is 0 Å². The molecular formula is C9H14N2O4. The molecule has 0 aromatic carbocycles. The van der Waals surface area contributed by atoms with Gasteiger partial charge in [-0.25, -0.2) is 0 Å². The molecule has 1 amide bonds. The summed E-state index contributed by atoms with van der Waals surface area (Å²) < 4.78 is 0. The number of nitrogens with one attached hydrogen (secondary N) is 2. The largest absolute Gasteiger partial charge is 0.480 e. The molecule has 3 N–H and O–H groups in total. The van der Waals surface area contributed by atoms with E-state index in [0.29, 0.717) is 0 Å². The van der Waals surface area contributed by atoms with Gasteiger partial charge in [-0.3, -0.25) is 14.4 Å². The van der Waals surface area contributed by atoms with Crippen LogP contribution in [0.5, 0.6) is 0 Å². The van der Waals surface area contributed by atoms with Crippen molar-refractivity contribution in [3.8, 4) is 0 Å². The second-order valence-electron chi connectivity index (χ2n) is 2.87. The monoisotopic (exact) mass is 214 g/mol.